The molecule has 0 N–H and O–H groups in total. The maximum absolute atomic E-state index is 12.4. The van der Waals surface area contributed by atoms with Crippen LogP contribution in [0.5, 0.6) is 0 Å². The van der Waals surface area contributed by atoms with E-state index in [4.69, 9.17) is 23.2 Å². The molecule has 0 amide bonds. The fourth-order valence-corrected chi connectivity index (χ4v) is 1.94. The summed E-state index contributed by atoms with van der Waals surface area (Å²) in [6.07, 6.45) is -3.20. The van der Waals surface area contributed by atoms with Crippen molar-refractivity contribution in [3.63, 3.8) is 0 Å². The van der Waals surface area contributed by atoms with E-state index in [9.17, 15) is 13.2 Å². The second kappa shape index (κ2) is 4.74. The monoisotopic (exact) mass is 292 g/mol. The van der Waals surface area contributed by atoms with Crippen LogP contribution in [0.15, 0.2) is 30.6 Å². The Labute approximate surface area is 110 Å². The van der Waals surface area contributed by atoms with E-state index in [0.29, 0.717) is 11.1 Å². The zero-order chi connectivity index (χ0) is 13.3. The molecule has 0 unspecified atom stereocenters. The molecule has 0 bridgehead atoms. The van der Waals surface area contributed by atoms with Crippen LogP contribution in [0.25, 0.3) is 11.1 Å². The highest BCUT2D eigenvalue weighted by atomic mass is 35.5. The second-order valence-corrected chi connectivity index (χ2v) is 4.12. The first-order chi connectivity index (χ1) is 8.39. The van der Waals surface area contributed by atoms with Gasteiger partial charge in [-0.2, -0.15) is 13.2 Å². The first kappa shape index (κ1) is 13.1. The van der Waals surface area contributed by atoms with Gasteiger partial charge in [0.2, 0.25) is 0 Å². The maximum Gasteiger partial charge on any atom is 0.416 e. The van der Waals surface area contributed by atoms with Gasteiger partial charge >= 0.3 is 6.18 Å². The van der Waals surface area contributed by atoms with Gasteiger partial charge in [-0.1, -0.05) is 35.3 Å². The summed E-state index contributed by atoms with van der Waals surface area (Å²) >= 11 is 11.7. The first-order valence-corrected chi connectivity index (χ1v) is 5.49. The highest BCUT2D eigenvalue weighted by Gasteiger charge is 2.30. The molecule has 1 heterocycles. The smallest absolute Gasteiger partial charge is 0.224 e. The summed E-state index contributed by atoms with van der Waals surface area (Å²) in [7, 11) is 0. The van der Waals surface area contributed by atoms with Crippen molar-refractivity contribution in [2.75, 3.05) is 0 Å². The lowest BCUT2D eigenvalue weighted by molar-refractivity contribution is -0.137. The Morgan fingerprint density at radius 2 is 1.39 bits per heavy atom. The quantitative estimate of drug-likeness (QED) is 0.725. The first-order valence-electron chi connectivity index (χ1n) is 4.73. The van der Waals surface area contributed by atoms with E-state index in [1.807, 2.05) is 0 Å². The molecule has 0 aliphatic rings. The molecule has 2 nitrogen and oxygen atoms in total. The molecule has 0 fully saturated rings. The molecule has 0 saturated carbocycles. The van der Waals surface area contributed by atoms with Gasteiger partial charge in [-0.05, 0) is 17.7 Å². The van der Waals surface area contributed by atoms with Crippen LogP contribution in [0.2, 0.25) is 10.3 Å². The number of hydrogen-bond acceptors (Lipinski definition) is 2. The van der Waals surface area contributed by atoms with E-state index in [1.54, 1.807) is 0 Å². The van der Waals surface area contributed by atoms with E-state index >= 15 is 0 Å². The summed E-state index contributed by atoms with van der Waals surface area (Å²) in [4.78, 5) is 7.47. The van der Waals surface area contributed by atoms with Crippen LogP contribution < -0.4 is 0 Å². The Morgan fingerprint density at radius 1 is 0.889 bits per heavy atom. The van der Waals surface area contributed by atoms with Crippen LogP contribution in [-0.2, 0) is 6.18 Å². The fourth-order valence-electron chi connectivity index (χ4n) is 1.41. The van der Waals surface area contributed by atoms with Crippen molar-refractivity contribution in [1.29, 1.82) is 0 Å². The van der Waals surface area contributed by atoms with Crippen molar-refractivity contribution in [2.45, 2.75) is 6.18 Å². The van der Waals surface area contributed by atoms with E-state index in [0.717, 1.165) is 12.1 Å². The Balaban J connectivity index is 2.47. The van der Waals surface area contributed by atoms with Gasteiger partial charge in [-0.25, -0.2) is 9.97 Å². The minimum atomic E-state index is -4.38. The van der Waals surface area contributed by atoms with Crippen molar-refractivity contribution >= 4 is 23.2 Å². The van der Waals surface area contributed by atoms with Gasteiger partial charge in [-0.15, -0.1) is 0 Å². The maximum atomic E-state index is 12.4. The summed E-state index contributed by atoms with van der Waals surface area (Å²) in [5.74, 6) is 0. The number of rotatable bonds is 1. The van der Waals surface area contributed by atoms with Crippen molar-refractivity contribution in [3.8, 4) is 11.1 Å². The Morgan fingerprint density at radius 3 is 1.83 bits per heavy atom. The van der Waals surface area contributed by atoms with Gasteiger partial charge in [0.05, 0.1) is 11.1 Å². The zero-order valence-corrected chi connectivity index (χ0v) is 10.2. The predicted molar refractivity (Wildman–Crippen MR) is 62.5 cm³/mol. The average molecular weight is 293 g/mol. The second-order valence-electron chi connectivity index (χ2n) is 3.41. The summed E-state index contributed by atoms with van der Waals surface area (Å²) in [6, 6.07) is 4.46. The number of hydrogen-bond donors (Lipinski definition) is 0. The minimum Gasteiger partial charge on any atom is -0.224 e. The molecule has 18 heavy (non-hydrogen) atoms. The fraction of sp³-hybridized carbons (Fsp3) is 0.0909. The lowest BCUT2D eigenvalue weighted by Crippen LogP contribution is -2.04. The molecule has 2 rings (SSSR count). The number of benzene rings is 1. The molecular formula is C11H5Cl2F3N2. The Kier molecular flexibility index (Phi) is 3.45. The summed E-state index contributed by atoms with van der Waals surface area (Å²) in [5, 5.41) is 0.185. The molecule has 1 aromatic carbocycles. The van der Waals surface area contributed by atoms with E-state index in [-0.39, 0.29) is 10.3 Å². The standard InChI is InChI=1S/C11H5Cl2F3N2/c12-9-8(10(13)18-5-17-9)6-1-3-7(4-2-6)11(14,15)16/h1-5H. The van der Waals surface area contributed by atoms with E-state index in [2.05, 4.69) is 9.97 Å². The molecule has 0 aliphatic carbocycles. The normalized spacial score (nSPS) is 11.6. The molecule has 0 saturated heterocycles. The van der Waals surface area contributed by atoms with Crippen molar-refractivity contribution in [3.05, 3.63) is 46.5 Å². The van der Waals surface area contributed by atoms with Crippen molar-refractivity contribution < 1.29 is 13.2 Å². The third-order valence-corrected chi connectivity index (χ3v) is 2.83. The number of halogens is 5. The van der Waals surface area contributed by atoms with Gasteiger partial charge < -0.3 is 0 Å². The van der Waals surface area contributed by atoms with Crippen LogP contribution in [0.3, 0.4) is 0 Å². The van der Waals surface area contributed by atoms with Crippen LogP contribution in [0, 0.1) is 0 Å². The molecule has 7 heteroatoms. The molecule has 0 spiro atoms. The summed E-state index contributed by atoms with van der Waals surface area (Å²) in [6.45, 7) is 0. The highest BCUT2D eigenvalue weighted by molar-refractivity contribution is 6.37. The summed E-state index contributed by atoms with van der Waals surface area (Å²) in [5.41, 5.74) is 0.00324. The number of alkyl halides is 3. The van der Waals surface area contributed by atoms with Crippen LogP contribution >= 0.6 is 23.2 Å². The lowest BCUT2D eigenvalue weighted by Gasteiger charge is -2.09. The van der Waals surface area contributed by atoms with Crippen molar-refractivity contribution in [1.82, 2.24) is 9.97 Å². The average Bonchev–Trinajstić information content (AvgIpc) is 2.28. The topological polar surface area (TPSA) is 25.8 Å². The zero-order valence-electron chi connectivity index (χ0n) is 8.67. The van der Waals surface area contributed by atoms with Crippen LogP contribution in [0.4, 0.5) is 13.2 Å². The van der Waals surface area contributed by atoms with Crippen LogP contribution in [-0.4, -0.2) is 9.97 Å². The predicted octanol–water partition coefficient (Wildman–Crippen LogP) is 4.47. The van der Waals surface area contributed by atoms with Gasteiger partial charge in [0.15, 0.2) is 0 Å². The van der Waals surface area contributed by atoms with Gasteiger partial charge in [0.1, 0.15) is 16.6 Å². The Hall–Kier alpha value is -1.33. The highest BCUT2D eigenvalue weighted by Crippen LogP contribution is 2.34. The van der Waals surface area contributed by atoms with Gasteiger partial charge in [0.25, 0.3) is 0 Å². The van der Waals surface area contributed by atoms with E-state index in [1.165, 1.54) is 18.5 Å². The Bertz CT molecular complexity index is 547. The molecule has 0 aliphatic heterocycles. The SMILES string of the molecule is FC(F)(F)c1ccc(-c2c(Cl)ncnc2Cl)cc1. The molecule has 2 aromatic rings. The molecule has 0 radical (unpaired) electrons. The summed E-state index contributed by atoms with van der Waals surface area (Å²) < 4.78 is 37.2. The van der Waals surface area contributed by atoms with E-state index < -0.39 is 11.7 Å². The molecule has 1 aromatic heterocycles. The largest absolute Gasteiger partial charge is 0.416 e. The number of nitrogens with zero attached hydrogens (tertiary/aromatic N) is 2. The lowest BCUT2D eigenvalue weighted by atomic mass is 10.1. The van der Waals surface area contributed by atoms with Gasteiger partial charge in [0, 0.05) is 0 Å². The van der Waals surface area contributed by atoms with Crippen LogP contribution in [0.1, 0.15) is 5.56 Å². The third kappa shape index (κ3) is 2.57. The molecule has 0 atom stereocenters. The third-order valence-electron chi connectivity index (χ3n) is 2.26. The van der Waals surface area contributed by atoms with Crippen molar-refractivity contribution in [2.24, 2.45) is 0 Å². The van der Waals surface area contributed by atoms with Gasteiger partial charge in [-0.3, -0.25) is 0 Å². The minimum absolute atomic E-state index is 0.0924. The molecule has 94 valence electrons. The number of aromatic nitrogens is 2. The molecular weight excluding hydrogens is 288 g/mol.